The average Bonchev–Trinajstić information content (AvgIpc) is 2.90. The summed E-state index contributed by atoms with van der Waals surface area (Å²) in [5, 5.41) is 26.3. The van der Waals surface area contributed by atoms with Gasteiger partial charge in [-0.3, -0.25) is 18.9 Å². The minimum atomic E-state index is -4.85. The van der Waals surface area contributed by atoms with E-state index in [2.05, 4.69) is 15.3 Å². The first-order chi connectivity index (χ1) is 11.1. The lowest BCUT2D eigenvalue weighted by molar-refractivity contribution is 0.0380. The fourth-order valence-corrected chi connectivity index (χ4v) is 2.46. The maximum absolute atomic E-state index is 11.7. The number of aliphatic hydroxyl groups is 2. The predicted octanol–water partition coefficient (Wildman–Crippen LogP) is -2.66. The first kappa shape index (κ1) is 18.2. The van der Waals surface area contributed by atoms with E-state index in [4.69, 9.17) is 9.79 Å². The Kier molecular flexibility index (Phi) is 5.16. The summed E-state index contributed by atoms with van der Waals surface area (Å²) in [6, 6.07) is 0. The molecule has 0 radical (unpaired) electrons. The third kappa shape index (κ3) is 4.24. The van der Waals surface area contributed by atoms with Crippen LogP contribution in [0, 0.1) is 6.92 Å². The Labute approximate surface area is 134 Å². The van der Waals surface area contributed by atoms with Crippen LogP contribution in [0.5, 0.6) is 0 Å². The molecule has 0 saturated carbocycles. The molecule has 0 saturated heterocycles. The van der Waals surface area contributed by atoms with Crippen LogP contribution in [0.15, 0.2) is 22.0 Å². The van der Waals surface area contributed by atoms with Crippen molar-refractivity contribution in [3.8, 4) is 0 Å². The second kappa shape index (κ2) is 6.79. The van der Waals surface area contributed by atoms with Gasteiger partial charge in [0.25, 0.3) is 5.56 Å². The van der Waals surface area contributed by atoms with E-state index in [1.165, 1.54) is 23.9 Å². The summed E-state index contributed by atoms with van der Waals surface area (Å²) in [6.07, 6.45) is 0.938. The van der Waals surface area contributed by atoms with Crippen LogP contribution in [0.4, 0.5) is 0 Å². The number of hydrogen-bond acceptors (Lipinski definition) is 7. The van der Waals surface area contributed by atoms with Crippen LogP contribution in [-0.4, -0.2) is 56.5 Å². The number of hydrogen-bond donors (Lipinski definition) is 5. The number of nitrogens with zero attached hydrogens (tertiary/aromatic N) is 4. The summed E-state index contributed by atoms with van der Waals surface area (Å²) in [6.45, 7) is 1.12. The SMILES string of the molecule is Cc1cn(Cc2cn(C[C@H](O)[C@@H](O)P(=O)(O)O)nn2)c(=O)[nH]c1=O. The molecular formula is C11H16N5O7P. The largest absolute Gasteiger partial charge is 0.388 e. The van der Waals surface area contributed by atoms with E-state index >= 15 is 0 Å². The number of aromatic amines is 1. The Balaban J connectivity index is 2.12. The molecule has 0 unspecified atom stereocenters. The second-order valence-electron chi connectivity index (χ2n) is 5.20. The highest BCUT2D eigenvalue weighted by molar-refractivity contribution is 7.52. The van der Waals surface area contributed by atoms with E-state index in [1.54, 1.807) is 0 Å². The average molecular weight is 361 g/mol. The van der Waals surface area contributed by atoms with E-state index in [0.717, 1.165) is 4.68 Å². The maximum atomic E-state index is 11.7. The molecule has 0 spiro atoms. The van der Waals surface area contributed by atoms with Gasteiger partial charge in [-0.25, -0.2) is 9.48 Å². The van der Waals surface area contributed by atoms with Gasteiger partial charge in [0.2, 0.25) is 0 Å². The molecule has 0 bridgehead atoms. The molecule has 0 amide bonds. The van der Waals surface area contributed by atoms with Crippen LogP contribution < -0.4 is 11.2 Å². The van der Waals surface area contributed by atoms with Crippen LogP contribution in [0.2, 0.25) is 0 Å². The predicted molar refractivity (Wildman–Crippen MR) is 79.2 cm³/mol. The topological polar surface area (TPSA) is 184 Å². The molecule has 0 aliphatic rings. The summed E-state index contributed by atoms with van der Waals surface area (Å²) in [5.74, 6) is -2.24. The highest BCUT2D eigenvalue weighted by Crippen LogP contribution is 2.41. The van der Waals surface area contributed by atoms with E-state index in [9.17, 15) is 24.4 Å². The zero-order valence-electron chi connectivity index (χ0n) is 12.5. The molecular weight excluding hydrogens is 345 g/mol. The Morgan fingerprint density at radius 1 is 1.29 bits per heavy atom. The number of aromatic nitrogens is 5. The van der Waals surface area contributed by atoms with Gasteiger partial charge in [0.1, 0.15) is 11.8 Å². The van der Waals surface area contributed by atoms with Crippen LogP contribution in [0.3, 0.4) is 0 Å². The lowest BCUT2D eigenvalue weighted by Crippen LogP contribution is -2.31. The number of H-pyrrole nitrogens is 1. The number of rotatable bonds is 6. The Hall–Kier alpha value is -2.11. The molecule has 2 aromatic heterocycles. The zero-order valence-corrected chi connectivity index (χ0v) is 13.4. The molecule has 132 valence electrons. The van der Waals surface area contributed by atoms with E-state index in [0.29, 0.717) is 11.3 Å². The maximum Gasteiger partial charge on any atom is 0.356 e. The van der Waals surface area contributed by atoms with Crippen molar-refractivity contribution in [2.45, 2.75) is 32.0 Å². The molecule has 2 rings (SSSR count). The third-order valence-electron chi connectivity index (χ3n) is 3.17. The summed E-state index contributed by atoms with van der Waals surface area (Å²) in [4.78, 5) is 42.7. The Bertz CT molecular complexity index is 881. The van der Waals surface area contributed by atoms with Crippen molar-refractivity contribution in [1.82, 2.24) is 24.5 Å². The summed E-state index contributed by atoms with van der Waals surface area (Å²) >= 11 is 0. The van der Waals surface area contributed by atoms with Crippen LogP contribution in [0.25, 0.3) is 0 Å². The minimum absolute atomic E-state index is 0.00635. The molecule has 12 nitrogen and oxygen atoms in total. The van der Waals surface area contributed by atoms with Crippen LogP contribution in [-0.2, 0) is 17.7 Å². The van der Waals surface area contributed by atoms with Crippen molar-refractivity contribution in [2.75, 3.05) is 0 Å². The molecule has 0 aliphatic heterocycles. The van der Waals surface area contributed by atoms with E-state index in [1.807, 2.05) is 0 Å². The molecule has 2 atom stereocenters. The molecule has 0 aromatic carbocycles. The second-order valence-corrected chi connectivity index (χ2v) is 6.91. The summed E-state index contributed by atoms with van der Waals surface area (Å²) in [5.41, 5.74) is -0.477. The molecule has 2 aromatic rings. The molecule has 24 heavy (non-hydrogen) atoms. The first-order valence-corrected chi connectivity index (χ1v) is 8.37. The van der Waals surface area contributed by atoms with Crippen molar-refractivity contribution < 1.29 is 24.6 Å². The quantitative estimate of drug-likeness (QED) is 0.343. The van der Waals surface area contributed by atoms with Gasteiger partial charge in [-0.15, -0.1) is 5.10 Å². The zero-order chi connectivity index (χ0) is 18.1. The highest BCUT2D eigenvalue weighted by Gasteiger charge is 2.33. The summed E-state index contributed by atoms with van der Waals surface area (Å²) < 4.78 is 13.2. The Morgan fingerprint density at radius 2 is 1.96 bits per heavy atom. The molecule has 13 heteroatoms. The smallest absolute Gasteiger partial charge is 0.356 e. The van der Waals surface area contributed by atoms with Gasteiger partial charge < -0.3 is 20.0 Å². The molecule has 2 heterocycles. The van der Waals surface area contributed by atoms with Crippen LogP contribution in [0.1, 0.15) is 11.3 Å². The monoisotopic (exact) mass is 361 g/mol. The third-order valence-corrected chi connectivity index (χ3v) is 4.20. The van der Waals surface area contributed by atoms with Gasteiger partial charge >= 0.3 is 13.3 Å². The number of aliphatic hydroxyl groups excluding tert-OH is 2. The molecule has 0 aliphatic carbocycles. The minimum Gasteiger partial charge on any atom is -0.388 e. The van der Waals surface area contributed by atoms with Gasteiger partial charge in [-0.2, -0.15) is 0 Å². The Morgan fingerprint density at radius 3 is 2.58 bits per heavy atom. The van der Waals surface area contributed by atoms with Crippen molar-refractivity contribution >= 4 is 7.60 Å². The standard InChI is InChI=1S/C11H16N5O7P/c1-6-2-15(11(20)12-9(6)18)3-7-4-16(14-13-7)5-8(17)10(19)24(21,22)23/h2,4,8,10,17,19H,3,5H2,1H3,(H,12,18,20)(H2,21,22,23)/t8-,10-/m0/s1. The van der Waals surface area contributed by atoms with Gasteiger partial charge in [0.15, 0.2) is 5.85 Å². The first-order valence-electron chi connectivity index (χ1n) is 6.68. The van der Waals surface area contributed by atoms with Crippen molar-refractivity contribution in [2.24, 2.45) is 0 Å². The van der Waals surface area contributed by atoms with Crippen molar-refractivity contribution in [1.29, 1.82) is 0 Å². The normalized spacial score (nSPS) is 14.5. The molecule has 0 fully saturated rings. The lowest BCUT2D eigenvalue weighted by Gasteiger charge is -2.18. The van der Waals surface area contributed by atoms with Gasteiger partial charge in [0, 0.05) is 11.8 Å². The number of aryl methyl sites for hydroxylation is 1. The van der Waals surface area contributed by atoms with E-state index in [-0.39, 0.29) is 6.54 Å². The van der Waals surface area contributed by atoms with Crippen LogP contribution >= 0.6 is 7.60 Å². The summed E-state index contributed by atoms with van der Waals surface area (Å²) in [7, 11) is -4.85. The van der Waals surface area contributed by atoms with Gasteiger partial charge in [-0.05, 0) is 6.92 Å². The fourth-order valence-electron chi connectivity index (χ4n) is 1.92. The van der Waals surface area contributed by atoms with Gasteiger partial charge in [-0.1, -0.05) is 5.21 Å². The number of nitrogens with one attached hydrogen (secondary N) is 1. The van der Waals surface area contributed by atoms with Gasteiger partial charge in [0.05, 0.1) is 19.3 Å². The lowest BCUT2D eigenvalue weighted by atomic mass is 10.3. The highest BCUT2D eigenvalue weighted by atomic mass is 31.2. The van der Waals surface area contributed by atoms with Crippen molar-refractivity contribution in [3.63, 3.8) is 0 Å². The fraction of sp³-hybridized carbons (Fsp3) is 0.455. The van der Waals surface area contributed by atoms with Crippen molar-refractivity contribution in [3.05, 3.63) is 44.5 Å². The molecule has 5 N–H and O–H groups in total. The van der Waals surface area contributed by atoms with E-state index < -0.39 is 37.3 Å².